The van der Waals surface area contributed by atoms with Crippen LogP contribution in [0.4, 0.5) is 5.13 Å². The zero-order valence-corrected chi connectivity index (χ0v) is 11.9. The molecule has 0 radical (unpaired) electrons. The van der Waals surface area contributed by atoms with Crippen molar-refractivity contribution < 1.29 is 9.47 Å². The van der Waals surface area contributed by atoms with Crippen molar-refractivity contribution in [3.63, 3.8) is 0 Å². The third kappa shape index (κ3) is 2.88. The van der Waals surface area contributed by atoms with Crippen molar-refractivity contribution in [2.24, 2.45) is 0 Å². The summed E-state index contributed by atoms with van der Waals surface area (Å²) < 4.78 is 12.0. The average Bonchev–Trinajstić information content (AvgIpc) is 2.79. The van der Waals surface area contributed by atoms with Gasteiger partial charge in [0.25, 0.3) is 0 Å². The van der Waals surface area contributed by atoms with Crippen molar-refractivity contribution in [3.05, 3.63) is 24.3 Å². The van der Waals surface area contributed by atoms with E-state index in [-0.39, 0.29) is 0 Å². The van der Waals surface area contributed by atoms with Gasteiger partial charge in [0.05, 0.1) is 16.3 Å². The smallest absolute Gasteiger partial charge is 0.186 e. The first kappa shape index (κ1) is 12.8. The molecule has 0 aliphatic carbocycles. The van der Waals surface area contributed by atoms with Gasteiger partial charge in [-0.15, -0.1) is 0 Å². The third-order valence-electron chi connectivity index (χ3n) is 3.25. The van der Waals surface area contributed by atoms with Crippen molar-refractivity contribution in [2.45, 2.75) is 12.5 Å². The molecule has 5 heteroatoms. The molecular formula is C14H18N2O2S. The second kappa shape index (κ2) is 5.86. The van der Waals surface area contributed by atoms with Crippen molar-refractivity contribution in [1.82, 2.24) is 4.98 Å². The lowest BCUT2D eigenvalue weighted by atomic mass is 10.2. The third-order valence-corrected chi connectivity index (χ3v) is 4.34. The highest BCUT2D eigenvalue weighted by molar-refractivity contribution is 7.22. The quantitative estimate of drug-likeness (QED) is 0.761. The first-order valence-electron chi connectivity index (χ1n) is 6.58. The minimum absolute atomic E-state index is 0.351. The van der Waals surface area contributed by atoms with E-state index in [1.54, 1.807) is 18.4 Å². The molecule has 0 saturated carbocycles. The lowest BCUT2D eigenvalue weighted by Crippen LogP contribution is -2.52. The number of hydrogen-bond donors (Lipinski definition) is 0. The van der Waals surface area contributed by atoms with Gasteiger partial charge in [0.1, 0.15) is 0 Å². The first-order valence-corrected chi connectivity index (χ1v) is 7.39. The van der Waals surface area contributed by atoms with Gasteiger partial charge < -0.3 is 14.4 Å². The van der Waals surface area contributed by atoms with Crippen LogP contribution in [-0.4, -0.2) is 44.5 Å². The zero-order valence-electron chi connectivity index (χ0n) is 11.0. The van der Waals surface area contributed by atoms with Crippen LogP contribution in [0.1, 0.15) is 6.42 Å². The van der Waals surface area contributed by atoms with Gasteiger partial charge in [-0.3, -0.25) is 0 Å². The summed E-state index contributed by atoms with van der Waals surface area (Å²) in [6, 6.07) is 8.27. The van der Waals surface area contributed by atoms with Gasteiger partial charge >= 0.3 is 0 Å². The molecule has 0 amide bonds. The number of ether oxygens (including phenoxy) is 2. The number of nitrogens with zero attached hydrogens (tertiary/aromatic N) is 2. The van der Waals surface area contributed by atoms with Crippen LogP contribution in [0, 0.1) is 0 Å². The maximum absolute atomic E-state index is 5.76. The van der Waals surface area contributed by atoms with E-state index >= 15 is 0 Å². The predicted octanol–water partition coefficient (Wildman–Crippen LogP) is 2.54. The maximum atomic E-state index is 5.76. The second-order valence-corrected chi connectivity index (χ2v) is 5.72. The molecule has 2 heterocycles. The molecule has 1 aliphatic heterocycles. The van der Waals surface area contributed by atoms with Gasteiger partial charge in [-0.2, -0.15) is 0 Å². The van der Waals surface area contributed by atoms with Crippen LogP contribution in [0.25, 0.3) is 10.2 Å². The molecule has 1 aliphatic rings. The van der Waals surface area contributed by atoms with Crippen molar-refractivity contribution in [2.75, 3.05) is 38.3 Å². The fourth-order valence-electron chi connectivity index (χ4n) is 2.15. The number of methoxy groups -OCH3 is 1. The SMILES string of the molecule is COCCCOC1CN(c2nc3ccccc3s2)C1. The number of rotatable bonds is 6. The predicted molar refractivity (Wildman–Crippen MR) is 78.1 cm³/mol. The fourth-order valence-corrected chi connectivity index (χ4v) is 3.13. The molecule has 102 valence electrons. The lowest BCUT2D eigenvalue weighted by Gasteiger charge is -2.38. The molecule has 1 aromatic carbocycles. The van der Waals surface area contributed by atoms with Crippen LogP contribution in [0.2, 0.25) is 0 Å². The summed E-state index contributed by atoms with van der Waals surface area (Å²) in [5.41, 5.74) is 1.09. The van der Waals surface area contributed by atoms with Crippen LogP contribution < -0.4 is 4.90 Å². The largest absolute Gasteiger partial charge is 0.385 e. The second-order valence-electron chi connectivity index (χ2n) is 4.71. The van der Waals surface area contributed by atoms with Crippen LogP contribution in [-0.2, 0) is 9.47 Å². The summed E-state index contributed by atoms with van der Waals surface area (Å²) in [6.07, 6.45) is 1.32. The maximum Gasteiger partial charge on any atom is 0.186 e. The Kier molecular flexibility index (Phi) is 3.96. The Morgan fingerprint density at radius 1 is 1.32 bits per heavy atom. The van der Waals surface area contributed by atoms with E-state index in [0.29, 0.717) is 6.10 Å². The summed E-state index contributed by atoms with van der Waals surface area (Å²) in [7, 11) is 1.72. The van der Waals surface area contributed by atoms with Crippen LogP contribution in [0.5, 0.6) is 0 Å². The molecule has 3 rings (SSSR count). The number of fused-ring (bicyclic) bond motifs is 1. The number of aromatic nitrogens is 1. The van der Waals surface area contributed by atoms with Crippen LogP contribution in [0.15, 0.2) is 24.3 Å². The highest BCUT2D eigenvalue weighted by Crippen LogP contribution is 2.31. The molecule has 1 fully saturated rings. The summed E-state index contributed by atoms with van der Waals surface area (Å²) in [6.45, 7) is 3.46. The van der Waals surface area contributed by atoms with Crippen LogP contribution in [0.3, 0.4) is 0 Å². The van der Waals surface area contributed by atoms with E-state index in [4.69, 9.17) is 9.47 Å². The Morgan fingerprint density at radius 2 is 2.16 bits per heavy atom. The molecule has 19 heavy (non-hydrogen) atoms. The molecule has 0 N–H and O–H groups in total. The normalized spacial score (nSPS) is 15.9. The summed E-state index contributed by atoms with van der Waals surface area (Å²) >= 11 is 1.75. The van der Waals surface area contributed by atoms with Gasteiger partial charge in [-0.25, -0.2) is 4.98 Å². The van der Waals surface area contributed by atoms with Crippen molar-refractivity contribution in [1.29, 1.82) is 0 Å². The lowest BCUT2D eigenvalue weighted by molar-refractivity contribution is 0.0233. The topological polar surface area (TPSA) is 34.6 Å². The Morgan fingerprint density at radius 3 is 2.95 bits per heavy atom. The Hall–Kier alpha value is -1.17. The Labute approximate surface area is 117 Å². The minimum atomic E-state index is 0.351. The molecule has 0 bridgehead atoms. The Bertz CT molecular complexity index is 504. The van der Waals surface area contributed by atoms with E-state index in [1.165, 1.54) is 4.70 Å². The highest BCUT2D eigenvalue weighted by Gasteiger charge is 2.29. The Balaban J connectivity index is 1.50. The monoisotopic (exact) mass is 278 g/mol. The van der Waals surface area contributed by atoms with E-state index in [1.807, 2.05) is 6.07 Å². The molecule has 2 aromatic rings. The average molecular weight is 278 g/mol. The summed E-state index contributed by atoms with van der Waals surface area (Å²) in [5, 5.41) is 1.11. The van der Waals surface area contributed by atoms with Gasteiger partial charge in [-0.05, 0) is 18.6 Å². The molecular weight excluding hydrogens is 260 g/mol. The fraction of sp³-hybridized carbons (Fsp3) is 0.500. The number of thiazole rings is 1. The zero-order chi connectivity index (χ0) is 13.1. The number of benzene rings is 1. The highest BCUT2D eigenvalue weighted by atomic mass is 32.1. The van der Waals surface area contributed by atoms with E-state index in [2.05, 4.69) is 28.1 Å². The molecule has 0 unspecified atom stereocenters. The van der Waals surface area contributed by atoms with E-state index < -0.39 is 0 Å². The first-order chi connectivity index (χ1) is 9.36. The number of hydrogen-bond acceptors (Lipinski definition) is 5. The standard InChI is InChI=1S/C14H18N2O2S/c1-17-7-4-8-18-11-9-16(10-11)14-15-12-5-2-3-6-13(12)19-14/h2-3,5-6,11H,4,7-10H2,1H3. The van der Waals surface area contributed by atoms with Gasteiger partial charge in [0, 0.05) is 33.4 Å². The number of para-hydroxylation sites is 1. The van der Waals surface area contributed by atoms with Crippen LogP contribution >= 0.6 is 11.3 Å². The molecule has 0 spiro atoms. The molecule has 0 atom stereocenters. The van der Waals surface area contributed by atoms with E-state index in [0.717, 1.165) is 43.4 Å². The van der Waals surface area contributed by atoms with E-state index in [9.17, 15) is 0 Å². The molecule has 1 aromatic heterocycles. The number of anilines is 1. The summed E-state index contributed by atoms with van der Waals surface area (Å²) in [5.74, 6) is 0. The molecule has 4 nitrogen and oxygen atoms in total. The summed E-state index contributed by atoms with van der Waals surface area (Å²) in [4.78, 5) is 6.93. The minimum Gasteiger partial charge on any atom is -0.385 e. The van der Waals surface area contributed by atoms with Gasteiger partial charge in [-0.1, -0.05) is 23.5 Å². The van der Waals surface area contributed by atoms with Crippen molar-refractivity contribution in [3.8, 4) is 0 Å². The van der Waals surface area contributed by atoms with Gasteiger partial charge in [0.2, 0.25) is 0 Å². The molecule has 1 saturated heterocycles. The van der Waals surface area contributed by atoms with Crippen molar-refractivity contribution >= 4 is 26.7 Å². The van der Waals surface area contributed by atoms with Gasteiger partial charge in [0.15, 0.2) is 5.13 Å².